The number of aromatic nitrogens is 2. The minimum absolute atomic E-state index is 0.264. The number of ether oxygens (including phenoxy) is 2. The molecule has 0 fully saturated rings. The Labute approximate surface area is 167 Å². The summed E-state index contributed by atoms with van der Waals surface area (Å²) in [7, 11) is 3.29. The Morgan fingerprint density at radius 1 is 1.11 bits per heavy atom. The average molecular weight is 389 g/mol. The fourth-order valence-corrected chi connectivity index (χ4v) is 4.21. The molecule has 0 radical (unpaired) electrons. The Morgan fingerprint density at radius 2 is 1.89 bits per heavy atom. The molecular formula is C22H19N3O2S. The summed E-state index contributed by atoms with van der Waals surface area (Å²) < 4.78 is 13.0. The first-order valence-electron chi connectivity index (χ1n) is 8.81. The zero-order valence-electron chi connectivity index (χ0n) is 15.9. The van der Waals surface area contributed by atoms with Crippen LogP contribution in [0.3, 0.4) is 0 Å². The maximum Gasteiger partial charge on any atom is 0.195 e. The van der Waals surface area contributed by atoms with Gasteiger partial charge in [0, 0.05) is 16.5 Å². The van der Waals surface area contributed by atoms with Gasteiger partial charge in [-0.2, -0.15) is 5.26 Å². The van der Waals surface area contributed by atoms with Crippen LogP contribution in [0.4, 0.5) is 0 Å². The molecule has 5 nitrogen and oxygen atoms in total. The number of nitrogens with zero attached hydrogens (tertiary/aromatic N) is 3. The third kappa shape index (κ3) is 3.00. The SMILES string of the molecule is COc1ccc(OC)c(-c2csc3nc(-c4ccc(C)cc4)c(CC#N)n23)c1. The lowest BCUT2D eigenvalue weighted by Gasteiger charge is -2.11. The maximum atomic E-state index is 9.46. The monoisotopic (exact) mass is 389 g/mol. The predicted octanol–water partition coefficient (Wildman–Crippen LogP) is 5.12. The molecule has 6 heteroatoms. The van der Waals surface area contributed by atoms with E-state index in [9.17, 15) is 5.26 Å². The molecule has 0 amide bonds. The summed E-state index contributed by atoms with van der Waals surface area (Å²) in [6.07, 6.45) is 0.264. The lowest BCUT2D eigenvalue weighted by atomic mass is 10.1. The molecule has 4 aromatic rings. The Hall–Kier alpha value is -3.30. The van der Waals surface area contributed by atoms with E-state index < -0.39 is 0 Å². The number of hydrogen-bond acceptors (Lipinski definition) is 5. The fourth-order valence-electron chi connectivity index (χ4n) is 3.30. The molecule has 0 aliphatic heterocycles. The second kappa shape index (κ2) is 7.37. The molecule has 0 atom stereocenters. The molecule has 2 aromatic carbocycles. The van der Waals surface area contributed by atoms with Crippen LogP contribution in [0.25, 0.3) is 27.5 Å². The lowest BCUT2D eigenvalue weighted by Crippen LogP contribution is -1.97. The summed E-state index contributed by atoms with van der Waals surface area (Å²) in [5.74, 6) is 1.49. The van der Waals surface area contributed by atoms with Gasteiger partial charge in [0.2, 0.25) is 0 Å². The molecule has 0 saturated heterocycles. The van der Waals surface area contributed by atoms with Gasteiger partial charge in [-0.25, -0.2) is 4.98 Å². The van der Waals surface area contributed by atoms with Gasteiger partial charge in [-0.1, -0.05) is 29.8 Å². The lowest BCUT2D eigenvalue weighted by molar-refractivity contribution is 0.404. The molecule has 0 N–H and O–H groups in total. The second-order valence-corrected chi connectivity index (χ2v) is 7.25. The average Bonchev–Trinajstić information content (AvgIpc) is 3.28. The number of hydrogen-bond donors (Lipinski definition) is 0. The van der Waals surface area contributed by atoms with Crippen LogP contribution >= 0.6 is 11.3 Å². The fraction of sp³-hybridized carbons (Fsp3) is 0.182. The van der Waals surface area contributed by atoms with E-state index in [0.717, 1.165) is 44.7 Å². The number of methoxy groups -OCH3 is 2. The normalized spacial score (nSPS) is 10.8. The quantitative estimate of drug-likeness (QED) is 0.475. The van der Waals surface area contributed by atoms with E-state index in [0.29, 0.717) is 0 Å². The number of aryl methyl sites for hydroxylation is 1. The molecule has 0 aliphatic carbocycles. The maximum absolute atomic E-state index is 9.46. The first-order chi connectivity index (χ1) is 13.7. The van der Waals surface area contributed by atoms with Crippen molar-refractivity contribution in [2.24, 2.45) is 0 Å². The summed E-state index contributed by atoms with van der Waals surface area (Å²) in [6, 6.07) is 16.2. The molecule has 0 spiro atoms. The molecular weight excluding hydrogens is 370 g/mol. The van der Waals surface area contributed by atoms with Gasteiger partial charge in [0.25, 0.3) is 0 Å². The molecule has 0 saturated carbocycles. The summed E-state index contributed by atoms with van der Waals surface area (Å²) >= 11 is 1.55. The highest BCUT2D eigenvalue weighted by Crippen LogP contribution is 2.38. The first-order valence-corrected chi connectivity index (χ1v) is 9.69. The summed E-state index contributed by atoms with van der Waals surface area (Å²) in [4.78, 5) is 5.68. The van der Waals surface area contributed by atoms with Crippen molar-refractivity contribution < 1.29 is 9.47 Å². The minimum atomic E-state index is 0.264. The molecule has 0 aliphatic rings. The van der Waals surface area contributed by atoms with Gasteiger partial charge in [-0.3, -0.25) is 4.40 Å². The highest BCUT2D eigenvalue weighted by molar-refractivity contribution is 7.15. The van der Waals surface area contributed by atoms with Crippen molar-refractivity contribution in [3.63, 3.8) is 0 Å². The van der Waals surface area contributed by atoms with Gasteiger partial charge < -0.3 is 9.47 Å². The third-order valence-corrected chi connectivity index (χ3v) is 5.54. The molecule has 140 valence electrons. The molecule has 0 unspecified atom stereocenters. The highest BCUT2D eigenvalue weighted by Gasteiger charge is 2.20. The number of thiazole rings is 1. The van der Waals surface area contributed by atoms with Crippen LogP contribution in [0.2, 0.25) is 0 Å². The summed E-state index contributed by atoms with van der Waals surface area (Å²) in [5, 5.41) is 11.5. The zero-order chi connectivity index (χ0) is 19.7. The van der Waals surface area contributed by atoms with E-state index in [-0.39, 0.29) is 6.42 Å². The van der Waals surface area contributed by atoms with Crippen molar-refractivity contribution in [1.82, 2.24) is 9.38 Å². The van der Waals surface area contributed by atoms with Crippen LogP contribution in [-0.2, 0) is 6.42 Å². The second-order valence-electron chi connectivity index (χ2n) is 6.41. The Morgan fingerprint density at radius 3 is 2.57 bits per heavy atom. The van der Waals surface area contributed by atoms with Crippen molar-refractivity contribution in [3.05, 3.63) is 59.1 Å². The van der Waals surface area contributed by atoms with Crippen molar-refractivity contribution in [3.8, 4) is 40.1 Å². The number of imidazole rings is 1. The first kappa shape index (κ1) is 18.1. The van der Waals surface area contributed by atoms with E-state index in [4.69, 9.17) is 14.5 Å². The largest absolute Gasteiger partial charge is 0.497 e. The van der Waals surface area contributed by atoms with E-state index >= 15 is 0 Å². The van der Waals surface area contributed by atoms with Gasteiger partial charge >= 0.3 is 0 Å². The molecule has 0 bridgehead atoms. The van der Waals surface area contributed by atoms with Crippen molar-refractivity contribution >= 4 is 16.3 Å². The van der Waals surface area contributed by atoms with Crippen LogP contribution in [0.15, 0.2) is 47.8 Å². The van der Waals surface area contributed by atoms with Gasteiger partial charge in [-0.15, -0.1) is 11.3 Å². The number of fused-ring (bicyclic) bond motifs is 1. The zero-order valence-corrected chi connectivity index (χ0v) is 16.7. The summed E-state index contributed by atoms with van der Waals surface area (Å²) in [6.45, 7) is 2.05. The van der Waals surface area contributed by atoms with E-state index in [1.807, 2.05) is 23.6 Å². The van der Waals surface area contributed by atoms with Crippen LogP contribution in [-0.4, -0.2) is 23.6 Å². The standard InChI is InChI=1S/C22H19N3O2S/c1-14-4-6-15(7-5-14)21-18(10-11-23)25-19(13-28-22(25)24-21)17-12-16(26-2)8-9-20(17)27-3/h4-9,12-13H,10H2,1-3H3. The topological polar surface area (TPSA) is 59.5 Å². The van der Waals surface area contributed by atoms with Crippen LogP contribution in [0.1, 0.15) is 11.3 Å². The number of benzene rings is 2. The van der Waals surface area contributed by atoms with Crippen molar-refractivity contribution in [1.29, 1.82) is 5.26 Å². The molecule has 2 heterocycles. The van der Waals surface area contributed by atoms with Crippen LogP contribution in [0, 0.1) is 18.3 Å². The minimum Gasteiger partial charge on any atom is -0.497 e. The predicted molar refractivity (Wildman–Crippen MR) is 111 cm³/mol. The third-order valence-electron chi connectivity index (χ3n) is 4.71. The van der Waals surface area contributed by atoms with Crippen LogP contribution < -0.4 is 9.47 Å². The Bertz CT molecular complexity index is 1180. The molecule has 2 aromatic heterocycles. The van der Waals surface area contributed by atoms with Gasteiger partial charge in [0.05, 0.1) is 43.8 Å². The van der Waals surface area contributed by atoms with Crippen molar-refractivity contribution in [2.45, 2.75) is 13.3 Å². The van der Waals surface area contributed by atoms with Gasteiger partial charge in [-0.05, 0) is 25.1 Å². The molecule has 28 heavy (non-hydrogen) atoms. The van der Waals surface area contributed by atoms with Crippen molar-refractivity contribution in [2.75, 3.05) is 14.2 Å². The smallest absolute Gasteiger partial charge is 0.195 e. The Balaban J connectivity index is 1.97. The van der Waals surface area contributed by atoms with Gasteiger partial charge in [0.1, 0.15) is 11.5 Å². The molecule has 4 rings (SSSR count). The van der Waals surface area contributed by atoms with E-state index in [2.05, 4.69) is 41.7 Å². The summed E-state index contributed by atoms with van der Waals surface area (Å²) in [5.41, 5.74) is 5.76. The highest BCUT2D eigenvalue weighted by atomic mass is 32.1. The van der Waals surface area contributed by atoms with E-state index in [1.54, 1.807) is 25.6 Å². The van der Waals surface area contributed by atoms with E-state index in [1.165, 1.54) is 5.56 Å². The van der Waals surface area contributed by atoms with Crippen LogP contribution in [0.5, 0.6) is 11.5 Å². The van der Waals surface area contributed by atoms with Gasteiger partial charge in [0.15, 0.2) is 4.96 Å². The number of rotatable bonds is 5. The number of nitriles is 1. The Kier molecular flexibility index (Phi) is 4.76.